The lowest BCUT2D eigenvalue weighted by atomic mass is 10.1. The lowest BCUT2D eigenvalue weighted by molar-refractivity contribution is 0.275. The number of halogens is 1. The van der Waals surface area contributed by atoms with E-state index >= 15 is 0 Å². The monoisotopic (exact) mass is 396 g/mol. The van der Waals surface area contributed by atoms with Crippen molar-refractivity contribution in [3.05, 3.63) is 91.1 Å². The lowest BCUT2D eigenvalue weighted by Gasteiger charge is -2.31. The zero-order valence-electron chi connectivity index (χ0n) is 15.5. The molecule has 28 heavy (non-hydrogen) atoms. The van der Waals surface area contributed by atoms with Crippen LogP contribution in [0.3, 0.4) is 0 Å². The van der Waals surface area contributed by atoms with Crippen molar-refractivity contribution in [3.8, 4) is 5.69 Å². The van der Waals surface area contributed by atoms with Crippen LogP contribution in [0.15, 0.2) is 58.1 Å². The Hall–Kier alpha value is -2.83. The van der Waals surface area contributed by atoms with Gasteiger partial charge < -0.3 is 5.32 Å². The molecule has 0 amide bonds. The van der Waals surface area contributed by atoms with Crippen LogP contribution in [0, 0.1) is 6.92 Å². The molecule has 0 saturated carbocycles. The minimum Gasteiger partial charge on any atom is -0.358 e. The van der Waals surface area contributed by atoms with Crippen molar-refractivity contribution in [2.24, 2.45) is 0 Å². The summed E-state index contributed by atoms with van der Waals surface area (Å²) in [4.78, 5) is 29.7. The van der Waals surface area contributed by atoms with Gasteiger partial charge in [0.2, 0.25) is 0 Å². The molecule has 0 bridgehead atoms. The third-order valence-corrected chi connectivity index (χ3v) is 5.51. The number of aromatic nitrogens is 2. The minimum atomic E-state index is -0.473. The van der Waals surface area contributed by atoms with Gasteiger partial charge in [0, 0.05) is 18.1 Å². The molecule has 4 rings (SSSR count). The van der Waals surface area contributed by atoms with E-state index in [1.807, 2.05) is 31.2 Å². The molecule has 3 aromatic rings. The average Bonchev–Trinajstić information content (AvgIpc) is 2.70. The van der Waals surface area contributed by atoms with Crippen molar-refractivity contribution in [3.63, 3.8) is 0 Å². The van der Waals surface area contributed by atoms with Gasteiger partial charge in [-0.3, -0.25) is 14.7 Å². The molecular weight excluding hydrogens is 376 g/mol. The fourth-order valence-corrected chi connectivity index (χ4v) is 3.70. The van der Waals surface area contributed by atoms with Crippen LogP contribution in [0.2, 0.25) is 5.02 Å². The standard InChI is InChI=1S/C21H21ClN4O2/c1-14-17(22)8-5-9-18(14)26-19-16(20(27)24-21(26)28)12-25(13-23-19)11-10-15-6-3-2-4-7-15/h2-9,23H,10-13H2,1H3,(H,24,27,28). The summed E-state index contributed by atoms with van der Waals surface area (Å²) in [5, 5.41) is 3.84. The van der Waals surface area contributed by atoms with Gasteiger partial charge in [-0.1, -0.05) is 48.0 Å². The molecule has 0 radical (unpaired) electrons. The highest BCUT2D eigenvalue weighted by Crippen LogP contribution is 2.26. The summed E-state index contributed by atoms with van der Waals surface area (Å²) >= 11 is 6.24. The molecule has 1 aliphatic heterocycles. The number of hydrogen-bond acceptors (Lipinski definition) is 4. The molecule has 0 unspecified atom stereocenters. The summed E-state index contributed by atoms with van der Waals surface area (Å²) in [6.07, 6.45) is 0.892. The Morgan fingerprint density at radius 2 is 1.86 bits per heavy atom. The van der Waals surface area contributed by atoms with Crippen molar-refractivity contribution >= 4 is 17.4 Å². The first-order valence-corrected chi connectivity index (χ1v) is 9.56. The molecule has 144 valence electrons. The number of benzene rings is 2. The van der Waals surface area contributed by atoms with Gasteiger partial charge >= 0.3 is 5.69 Å². The van der Waals surface area contributed by atoms with Crippen molar-refractivity contribution in [1.29, 1.82) is 0 Å². The second-order valence-electron chi connectivity index (χ2n) is 6.93. The molecule has 2 N–H and O–H groups in total. The van der Waals surface area contributed by atoms with Crippen LogP contribution in [0.4, 0.5) is 5.82 Å². The number of hydrogen-bond donors (Lipinski definition) is 2. The molecule has 1 aromatic heterocycles. The summed E-state index contributed by atoms with van der Waals surface area (Å²) in [6.45, 7) is 3.70. The van der Waals surface area contributed by atoms with Crippen LogP contribution in [0.1, 0.15) is 16.7 Å². The number of rotatable bonds is 4. The van der Waals surface area contributed by atoms with Gasteiger partial charge in [0.15, 0.2) is 0 Å². The molecule has 6 nitrogen and oxygen atoms in total. The Balaban J connectivity index is 1.67. The van der Waals surface area contributed by atoms with Gasteiger partial charge in [-0.15, -0.1) is 0 Å². The first-order valence-electron chi connectivity index (χ1n) is 9.18. The Morgan fingerprint density at radius 1 is 1.07 bits per heavy atom. The van der Waals surface area contributed by atoms with E-state index < -0.39 is 5.69 Å². The Bertz CT molecular complexity index is 1120. The van der Waals surface area contributed by atoms with E-state index in [1.165, 1.54) is 10.1 Å². The number of aromatic amines is 1. The number of nitrogens with zero attached hydrogens (tertiary/aromatic N) is 2. The highest BCUT2D eigenvalue weighted by Gasteiger charge is 2.24. The number of H-pyrrole nitrogens is 1. The van der Waals surface area contributed by atoms with Crippen molar-refractivity contribution in [1.82, 2.24) is 14.5 Å². The molecule has 2 heterocycles. The van der Waals surface area contributed by atoms with Crippen molar-refractivity contribution in [2.75, 3.05) is 18.5 Å². The third-order valence-electron chi connectivity index (χ3n) is 5.10. The zero-order chi connectivity index (χ0) is 19.7. The fraction of sp³-hybridized carbons (Fsp3) is 0.238. The van der Waals surface area contributed by atoms with E-state index in [0.717, 1.165) is 18.5 Å². The molecule has 0 aliphatic carbocycles. The molecule has 0 atom stereocenters. The van der Waals surface area contributed by atoms with Crippen LogP contribution >= 0.6 is 11.6 Å². The lowest BCUT2D eigenvalue weighted by Crippen LogP contribution is -2.43. The normalized spacial score (nSPS) is 13.8. The van der Waals surface area contributed by atoms with E-state index in [1.54, 1.807) is 12.1 Å². The number of fused-ring (bicyclic) bond motifs is 1. The van der Waals surface area contributed by atoms with Crippen LogP contribution in [0.25, 0.3) is 5.69 Å². The van der Waals surface area contributed by atoms with Crippen LogP contribution in [-0.2, 0) is 13.0 Å². The quantitative estimate of drug-likeness (QED) is 0.711. The van der Waals surface area contributed by atoms with Gasteiger partial charge in [-0.2, -0.15) is 0 Å². The van der Waals surface area contributed by atoms with Gasteiger partial charge in [-0.05, 0) is 36.6 Å². The topological polar surface area (TPSA) is 70.1 Å². The molecule has 0 saturated heterocycles. The predicted octanol–water partition coefficient (Wildman–Crippen LogP) is 2.92. The van der Waals surface area contributed by atoms with Gasteiger partial charge in [0.05, 0.1) is 17.9 Å². The predicted molar refractivity (Wildman–Crippen MR) is 111 cm³/mol. The first kappa shape index (κ1) is 18.5. The van der Waals surface area contributed by atoms with Crippen LogP contribution < -0.4 is 16.6 Å². The first-order chi connectivity index (χ1) is 13.5. The van der Waals surface area contributed by atoms with Gasteiger partial charge in [-0.25, -0.2) is 9.36 Å². The highest BCUT2D eigenvalue weighted by atomic mass is 35.5. The van der Waals surface area contributed by atoms with Crippen molar-refractivity contribution in [2.45, 2.75) is 19.9 Å². The maximum absolute atomic E-state index is 12.6. The Morgan fingerprint density at radius 3 is 2.64 bits per heavy atom. The highest BCUT2D eigenvalue weighted by molar-refractivity contribution is 6.31. The fourth-order valence-electron chi connectivity index (χ4n) is 3.53. The summed E-state index contributed by atoms with van der Waals surface area (Å²) in [7, 11) is 0. The second-order valence-corrected chi connectivity index (χ2v) is 7.34. The maximum atomic E-state index is 12.6. The second kappa shape index (κ2) is 7.66. The Kier molecular flexibility index (Phi) is 5.07. The van der Waals surface area contributed by atoms with Crippen molar-refractivity contribution < 1.29 is 0 Å². The van der Waals surface area contributed by atoms with Crippen LogP contribution in [-0.4, -0.2) is 27.7 Å². The molecule has 2 aromatic carbocycles. The van der Waals surface area contributed by atoms with Gasteiger partial charge in [0.1, 0.15) is 5.82 Å². The summed E-state index contributed by atoms with van der Waals surface area (Å²) in [5.41, 5.74) is 2.43. The smallest absolute Gasteiger partial charge is 0.334 e. The Labute approximate surface area is 167 Å². The molecule has 0 spiro atoms. The molecule has 7 heteroatoms. The van der Waals surface area contributed by atoms with E-state index in [2.05, 4.69) is 27.3 Å². The summed E-state index contributed by atoms with van der Waals surface area (Å²) < 4.78 is 1.51. The zero-order valence-corrected chi connectivity index (χ0v) is 16.3. The van der Waals surface area contributed by atoms with Gasteiger partial charge in [0.25, 0.3) is 5.56 Å². The number of nitrogens with one attached hydrogen (secondary N) is 2. The molecular formula is C21H21ClN4O2. The minimum absolute atomic E-state index is 0.354. The third kappa shape index (κ3) is 3.48. The number of anilines is 1. The van der Waals surface area contributed by atoms with E-state index in [9.17, 15) is 9.59 Å². The van der Waals surface area contributed by atoms with E-state index in [-0.39, 0.29) is 5.56 Å². The summed E-state index contributed by atoms with van der Waals surface area (Å²) in [6, 6.07) is 15.6. The molecule has 1 aliphatic rings. The summed E-state index contributed by atoms with van der Waals surface area (Å²) in [5.74, 6) is 0.537. The van der Waals surface area contributed by atoms with Crippen LogP contribution in [0.5, 0.6) is 0 Å². The maximum Gasteiger partial charge on any atom is 0.334 e. The molecule has 0 fully saturated rings. The SMILES string of the molecule is Cc1c(Cl)cccc1-n1c2c(c(=O)[nH]c1=O)CN(CCc1ccccc1)CN2. The van der Waals surface area contributed by atoms with E-state index in [4.69, 9.17) is 11.6 Å². The average molecular weight is 397 g/mol. The van der Waals surface area contributed by atoms with E-state index in [0.29, 0.717) is 35.3 Å². The largest absolute Gasteiger partial charge is 0.358 e.